The number of benzene rings is 3. The molecule has 186 valence electrons. The maximum absolute atomic E-state index is 2.85. The fourth-order valence-corrected chi connectivity index (χ4v) is 9.20. The zero-order chi connectivity index (χ0) is 25.3. The molecule has 0 unspecified atom stereocenters. The molecule has 1 fully saturated rings. The van der Waals surface area contributed by atoms with Crippen LogP contribution in [0.1, 0.15) is 101 Å². The van der Waals surface area contributed by atoms with Crippen LogP contribution in [0.25, 0.3) is 0 Å². The Hall–Kier alpha value is -2.52. The molecule has 4 rings (SSSR count). The lowest BCUT2D eigenvalue weighted by atomic mass is 9.92. The minimum Gasteiger partial charge on any atom is -0.378 e. The summed E-state index contributed by atoms with van der Waals surface area (Å²) in [6.45, 7) is 20.9. The van der Waals surface area contributed by atoms with E-state index in [1.54, 1.807) is 0 Å². The van der Waals surface area contributed by atoms with Crippen molar-refractivity contribution in [2.75, 3.05) is 22.2 Å². The Morgan fingerprint density at radius 1 is 0.486 bits per heavy atom. The number of hydrogen-bond donors (Lipinski definition) is 0. The highest BCUT2D eigenvalue weighted by molar-refractivity contribution is 6.81. The molecule has 3 aromatic carbocycles. The second-order valence-electron chi connectivity index (χ2n) is 11.4. The predicted molar refractivity (Wildman–Crippen MR) is 157 cm³/mol. The third kappa shape index (κ3) is 4.93. The Kier molecular flexibility index (Phi) is 7.76. The third-order valence-electron chi connectivity index (χ3n) is 7.53. The molecule has 3 aromatic rings. The summed E-state index contributed by atoms with van der Waals surface area (Å²) in [5, 5.41) is 1.51. The summed E-state index contributed by atoms with van der Waals surface area (Å²) in [6.07, 6.45) is 0. The summed E-state index contributed by atoms with van der Waals surface area (Å²) in [5.41, 5.74) is 8.99. The van der Waals surface area contributed by atoms with Gasteiger partial charge >= 0.3 is 0 Å². The van der Waals surface area contributed by atoms with E-state index in [4.69, 9.17) is 0 Å². The summed E-state index contributed by atoms with van der Waals surface area (Å²) in [4.78, 5) is 0. The lowest BCUT2D eigenvalue weighted by Crippen LogP contribution is -2.54. The monoisotopic (exact) mass is 484 g/mol. The van der Waals surface area contributed by atoms with Crippen LogP contribution < -0.4 is 14.3 Å². The molecule has 1 aliphatic heterocycles. The number of hydrogen-bond acceptors (Lipinski definition) is 2. The smallest absolute Gasteiger partial charge is 0.281 e. The molecule has 1 saturated heterocycles. The van der Waals surface area contributed by atoms with Crippen molar-refractivity contribution < 1.29 is 0 Å². The van der Waals surface area contributed by atoms with Crippen molar-refractivity contribution in [3.05, 3.63) is 89.0 Å². The summed E-state index contributed by atoms with van der Waals surface area (Å²) < 4.78 is 5.70. The maximum Gasteiger partial charge on any atom is 0.281 e. The SMILES string of the molecule is CC(C)c1cccc(C(C)C)c1N1CCN(c2c(C(C)C)cccc2C(C)C)[SiH]1c1ccccc1. The van der Waals surface area contributed by atoms with Crippen molar-refractivity contribution in [1.82, 2.24) is 0 Å². The van der Waals surface area contributed by atoms with Gasteiger partial charge in [-0.15, -0.1) is 0 Å². The lowest BCUT2D eigenvalue weighted by Gasteiger charge is -2.37. The first-order valence-electron chi connectivity index (χ1n) is 13.6. The van der Waals surface area contributed by atoms with Crippen LogP contribution >= 0.6 is 0 Å². The van der Waals surface area contributed by atoms with Gasteiger partial charge in [-0.1, -0.05) is 122 Å². The Morgan fingerprint density at radius 3 is 1.14 bits per heavy atom. The third-order valence-corrected chi connectivity index (χ3v) is 10.7. The normalized spacial score (nSPS) is 14.9. The van der Waals surface area contributed by atoms with E-state index in [-0.39, 0.29) is 0 Å². The minimum absolute atomic E-state index is 0.498. The van der Waals surface area contributed by atoms with Gasteiger partial charge in [0.2, 0.25) is 0 Å². The molecule has 0 aliphatic carbocycles. The zero-order valence-electron chi connectivity index (χ0n) is 23.0. The van der Waals surface area contributed by atoms with E-state index in [9.17, 15) is 0 Å². The van der Waals surface area contributed by atoms with E-state index >= 15 is 0 Å². The second kappa shape index (κ2) is 10.6. The zero-order valence-corrected chi connectivity index (χ0v) is 24.2. The fraction of sp³-hybridized carbons (Fsp3) is 0.438. The quantitative estimate of drug-likeness (QED) is 0.318. The van der Waals surface area contributed by atoms with E-state index < -0.39 is 9.12 Å². The fourth-order valence-electron chi connectivity index (χ4n) is 5.77. The Labute approximate surface area is 215 Å². The van der Waals surface area contributed by atoms with E-state index in [0.29, 0.717) is 23.7 Å². The van der Waals surface area contributed by atoms with Crippen molar-refractivity contribution in [1.29, 1.82) is 0 Å². The van der Waals surface area contributed by atoms with Crippen molar-refractivity contribution in [3.8, 4) is 0 Å². The van der Waals surface area contributed by atoms with Crippen LogP contribution in [0, 0.1) is 0 Å². The standard InChI is InChI=1S/C32H44N2Si/c1-22(2)27-16-12-17-28(23(3)4)31(27)33-20-21-34(35(33)26-14-10-9-11-15-26)32-29(24(5)6)18-13-19-30(32)25(7)8/h9-19,22-25,35H,20-21H2,1-8H3. The first-order chi connectivity index (χ1) is 16.7. The van der Waals surface area contributed by atoms with E-state index in [2.05, 4.69) is 131 Å². The van der Waals surface area contributed by atoms with Crippen molar-refractivity contribution in [2.45, 2.75) is 79.1 Å². The van der Waals surface area contributed by atoms with Crippen LogP contribution in [-0.2, 0) is 0 Å². The molecule has 0 saturated carbocycles. The Balaban J connectivity index is 1.97. The number of nitrogens with zero attached hydrogens (tertiary/aromatic N) is 2. The molecule has 0 spiro atoms. The average Bonchev–Trinajstić information content (AvgIpc) is 3.27. The first kappa shape index (κ1) is 25.6. The molecular formula is C32H44N2Si. The molecule has 0 N–H and O–H groups in total. The van der Waals surface area contributed by atoms with Gasteiger partial charge < -0.3 is 9.13 Å². The largest absolute Gasteiger partial charge is 0.378 e. The number of para-hydroxylation sites is 2. The van der Waals surface area contributed by atoms with Crippen molar-refractivity contribution in [3.63, 3.8) is 0 Å². The maximum atomic E-state index is 2.85. The van der Waals surface area contributed by atoms with Gasteiger partial charge in [-0.05, 0) is 51.1 Å². The first-order valence-corrected chi connectivity index (χ1v) is 15.2. The van der Waals surface area contributed by atoms with Crippen LogP contribution in [0.3, 0.4) is 0 Å². The molecular weight excluding hydrogens is 440 g/mol. The molecule has 0 atom stereocenters. The molecule has 0 bridgehead atoms. The van der Waals surface area contributed by atoms with Crippen molar-refractivity contribution in [2.24, 2.45) is 0 Å². The summed E-state index contributed by atoms with van der Waals surface area (Å²) in [7, 11) is -1.73. The molecule has 3 heteroatoms. The second-order valence-corrected chi connectivity index (χ2v) is 14.0. The van der Waals surface area contributed by atoms with Gasteiger partial charge in [-0.25, -0.2) is 0 Å². The van der Waals surface area contributed by atoms with E-state index in [0.717, 1.165) is 13.1 Å². The average molecular weight is 485 g/mol. The highest BCUT2D eigenvalue weighted by Crippen LogP contribution is 2.41. The Bertz CT molecular complexity index is 1010. The molecule has 35 heavy (non-hydrogen) atoms. The minimum atomic E-state index is -1.73. The van der Waals surface area contributed by atoms with Gasteiger partial charge in [-0.2, -0.15) is 0 Å². The van der Waals surface area contributed by atoms with Gasteiger partial charge in [0.05, 0.1) is 0 Å². The van der Waals surface area contributed by atoms with Gasteiger partial charge in [0.1, 0.15) is 0 Å². The van der Waals surface area contributed by atoms with Crippen LogP contribution in [0.4, 0.5) is 11.4 Å². The summed E-state index contributed by atoms with van der Waals surface area (Å²) >= 11 is 0. The molecule has 0 aromatic heterocycles. The van der Waals surface area contributed by atoms with E-state index in [1.165, 1.54) is 38.8 Å². The van der Waals surface area contributed by atoms with Crippen LogP contribution in [0.2, 0.25) is 0 Å². The predicted octanol–water partition coefficient (Wildman–Crippen LogP) is 7.63. The number of rotatable bonds is 7. The van der Waals surface area contributed by atoms with Crippen LogP contribution in [0.5, 0.6) is 0 Å². The van der Waals surface area contributed by atoms with Gasteiger partial charge in [0.15, 0.2) is 0 Å². The summed E-state index contributed by atoms with van der Waals surface area (Å²) in [6, 6.07) is 25.4. The van der Waals surface area contributed by atoms with Crippen molar-refractivity contribution >= 4 is 25.7 Å². The highest BCUT2D eigenvalue weighted by atomic mass is 28.3. The topological polar surface area (TPSA) is 6.48 Å². The van der Waals surface area contributed by atoms with Crippen LogP contribution in [-0.4, -0.2) is 22.2 Å². The summed E-state index contributed by atoms with van der Waals surface area (Å²) in [5.74, 6) is 1.99. The molecule has 0 radical (unpaired) electrons. The van der Waals surface area contributed by atoms with Gasteiger partial charge in [-0.3, -0.25) is 0 Å². The molecule has 1 heterocycles. The molecule has 2 nitrogen and oxygen atoms in total. The lowest BCUT2D eigenvalue weighted by molar-refractivity contribution is 0.821. The molecule has 1 aliphatic rings. The van der Waals surface area contributed by atoms with Gasteiger partial charge in [0, 0.05) is 24.5 Å². The van der Waals surface area contributed by atoms with Gasteiger partial charge in [0.25, 0.3) is 9.12 Å². The van der Waals surface area contributed by atoms with E-state index in [1.807, 2.05) is 0 Å². The van der Waals surface area contributed by atoms with Crippen LogP contribution in [0.15, 0.2) is 66.7 Å². The molecule has 0 amide bonds. The Morgan fingerprint density at radius 2 is 0.829 bits per heavy atom. The number of anilines is 2. The highest BCUT2D eigenvalue weighted by Gasteiger charge is 2.40.